The number of hydrogen-bond acceptors (Lipinski definition) is 3. The highest BCUT2D eigenvalue weighted by Gasteiger charge is 2.18. The lowest BCUT2D eigenvalue weighted by molar-refractivity contribution is 0.0698. The van der Waals surface area contributed by atoms with Crippen molar-refractivity contribution in [3.63, 3.8) is 0 Å². The van der Waals surface area contributed by atoms with Gasteiger partial charge in [-0.2, -0.15) is 0 Å². The second-order valence-electron chi connectivity index (χ2n) is 4.32. The summed E-state index contributed by atoms with van der Waals surface area (Å²) in [5.74, 6) is -1.98. The molecule has 6 nitrogen and oxygen atoms in total. The van der Waals surface area contributed by atoms with Crippen LogP contribution in [0, 0.1) is 6.92 Å². The second-order valence-corrected chi connectivity index (χ2v) is 4.72. The van der Waals surface area contributed by atoms with E-state index >= 15 is 0 Å². The highest BCUT2D eigenvalue weighted by Crippen LogP contribution is 2.24. The molecule has 0 radical (unpaired) electrons. The molecule has 21 heavy (non-hydrogen) atoms. The first kappa shape index (κ1) is 14.8. The van der Waals surface area contributed by atoms with Crippen LogP contribution in [0.25, 0.3) is 0 Å². The molecule has 0 unspecified atom stereocenters. The molecule has 0 atom stereocenters. The van der Waals surface area contributed by atoms with Gasteiger partial charge in [-0.15, -0.1) is 0 Å². The lowest BCUT2D eigenvalue weighted by atomic mass is 10.1. The van der Waals surface area contributed by atoms with Crippen LogP contribution in [-0.4, -0.2) is 22.0 Å². The SMILES string of the molecule is Cc1cc(=O)c(C(=O)Nc2cccc(Cl)c2C(=O)O)c[nH]1. The van der Waals surface area contributed by atoms with Crippen LogP contribution in [-0.2, 0) is 0 Å². The molecular formula is C14H11ClN2O4. The Balaban J connectivity index is 2.39. The lowest BCUT2D eigenvalue weighted by Crippen LogP contribution is -2.22. The van der Waals surface area contributed by atoms with E-state index in [4.69, 9.17) is 16.7 Å². The minimum Gasteiger partial charge on any atom is -0.478 e. The lowest BCUT2D eigenvalue weighted by Gasteiger charge is -2.09. The summed E-state index contributed by atoms with van der Waals surface area (Å²) >= 11 is 5.81. The van der Waals surface area contributed by atoms with Gasteiger partial charge in [-0.1, -0.05) is 17.7 Å². The van der Waals surface area contributed by atoms with Crippen molar-refractivity contribution in [3.8, 4) is 0 Å². The summed E-state index contributed by atoms with van der Waals surface area (Å²) in [6.07, 6.45) is 1.28. The van der Waals surface area contributed by atoms with E-state index in [1.165, 1.54) is 30.5 Å². The van der Waals surface area contributed by atoms with Gasteiger partial charge < -0.3 is 15.4 Å². The number of aryl methyl sites for hydroxylation is 1. The van der Waals surface area contributed by atoms with Gasteiger partial charge in [-0.25, -0.2) is 4.79 Å². The molecule has 2 aromatic rings. The molecule has 0 saturated heterocycles. The third kappa shape index (κ3) is 3.11. The Morgan fingerprint density at radius 2 is 2.05 bits per heavy atom. The van der Waals surface area contributed by atoms with Crippen LogP contribution < -0.4 is 10.7 Å². The number of anilines is 1. The fourth-order valence-corrected chi connectivity index (χ4v) is 2.04. The largest absolute Gasteiger partial charge is 0.478 e. The van der Waals surface area contributed by atoms with Gasteiger partial charge in [0.25, 0.3) is 5.91 Å². The number of nitrogens with one attached hydrogen (secondary N) is 2. The molecule has 108 valence electrons. The molecule has 1 amide bonds. The molecule has 1 aromatic carbocycles. The summed E-state index contributed by atoms with van der Waals surface area (Å²) in [7, 11) is 0. The zero-order valence-corrected chi connectivity index (χ0v) is 11.7. The van der Waals surface area contributed by atoms with Crippen molar-refractivity contribution in [3.05, 3.63) is 62.5 Å². The molecule has 2 rings (SSSR count). The second kappa shape index (κ2) is 5.80. The number of amides is 1. The third-order valence-corrected chi connectivity index (χ3v) is 3.09. The monoisotopic (exact) mass is 306 g/mol. The number of benzene rings is 1. The van der Waals surface area contributed by atoms with E-state index in [1.807, 2.05) is 0 Å². The van der Waals surface area contributed by atoms with Crippen LogP contribution in [0.4, 0.5) is 5.69 Å². The van der Waals surface area contributed by atoms with Crippen molar-refractivity contribution in [2.45, 2.75) is 6.92 Å². The number of carbonyl (C=O) groups is 2. The van der Waals surface area contributed by atoms with Crippen molar-refractivity contribution in [1.29, 1.82) is 0 Å². The Kier molecular flexibility index (Phi) is 4.09. The minimum atomic E-state index is -1.27. The number of H-pyrrole nitrogens is 1. The molecule has 3 N–H and O–H groups in total. The van der Waals surface area contributed by atoms with Crippen LogP contribution >= 0.6 is 11.6 Å². The highest BCUT2D eigenvalue weighted by molar-refractivity contribution is 6.34. The first-order valence-corrected chi connectivity index (χ1v) is 6.30. The molecule has 0 aliphatic heterocycles. The molecule has 7 heteroatoms. The fourth-order valence-electron chi connectivity index (χ4n) is 1.79. The van der Waals surface area contributed by atoms with E-state index < -0.39 is 17.3 Å². The third-order valence-electron chi connectivity index (χ3n) is 2.78. The zero-order valence-electron chi connectivity index (χ0n) is 10.9. The Morgan fingerprint density at radius 1 is 1.33 bits per heavy atom. The fraction of sp³-hybridized carbons (Fsp3) is 0.0714. The van der Waals surface area contributed by atoms with Gasteiger partial charge in [-0.3, -0.25) is 9.59 Å². The van der Waals surface area contributed by atoms with E-state index in [1.54, 1.807) is 6.92 Å². The van der Waals surface area contributed by atoms with Crippen molar-refractivity contribution in [2.24, 2.45) is 0 Å². The van der Waals surface area contributed by atoms with E-state index in [0.29, 0.717) is 5.69 Å². The van der Waals surface area contributed by atoms with Crippen LogP contribution in [0.2, 0.25) is 5.02 Å². The molecule has 1 aromatic heterocycles. The number of pyridine rings is 1. The molecule has 0 saturated carbocycles. The predicted octanol–water partition coefficient (Wildman–Crippen LogP) is 2.29. The van der Waals surface area contributed by atoms with Crippen LogP contribution in [0.3, 0.4) is 0 Å². The van der Waals surface area contributed by atoms with E-state index in [-0.39, 0.29) is 21.8 Å². The molecule has 0 aliphatic carbocycles. The van der Waals surface area contributed by atoms with Gasteiger partial charge >= 0.3 is 5.97 Å². The van der Waals surface area contributed by atoms with Gasteiger partial charge in [0.15, 0.2) is 5.43 Å². The van der Waals surface area contributed by atoms with Gasteiger partial charge in [0, 0.05) is 18.0 Å². The summed E-state index contributed by atoms with van der Waals surface area (Å²) in [4.78, 5) is 37.7. The van der Waals surface area contributed by atoms with E-state index in [2.05, 4.69) is 10.3 Å². The first-order chi connectivity index (χ1) is 9.90. The maximum absolute atomic E-state index is 12.1. The van der Waals surface area contributed by atoms with Crippen molar-refractivity contribution in [1.82, 2.24) is 4.98 Å². The van der Waals surface area contributed by atoms with Gasteiger partial charge in [0.1, 0.15) is 11.1 Å². The van der Waals surface area contributed by atoms with Crippen molar-refractivity contribution in [2.75, 3.05) is 5.32 Å². The highest BCUT2D eigenvalue weighted by atomic mass is 35.5. The summed E-state index contributed by atoms with van der Waals surface area (Å²) in [6.45, 7) is 1.68. The van der Waals surface area contributed by atoms with Crippen molar-refractivity contribution >= 4 is 29.2 Å². The quantitative estimate of drug-likeness (QED) is 0.810. The maximum Gasteiger partial charge on any atom is 0.339 e. The smallest absolute Gasteiger partial charge is 0.339 e. The number of hydrogen-bond donors (Lipinski definition) is 3. The molecule has 0 spiro atoms. The number of carboxylic acid groups (broad SMARTS) is 1. The first-order valence-electron chi connectivity index (χ1n) is 5.92. The summed E-state index contributed by atoms with van der Waals surface area (Å²) in [5, 5.41) is 11.5. The predicted molar refractivity (Wildman–Crippen MR) is 78.2 cm³/mol. The summed E-state index contributed by atoms with van der Waals surface area (Å²) in [6, 6.07) is 5.59. The molecule has 1 heterocycles. The summed E-state index contributed by atoms with van der Waals surface area (Å²) in [5.41, 5.74) is -0.152. The van der Waals surface area contributed by atoms with E-state index in [0.717, 1.165) is 0 Å². The number of carbonyl (C=O) groups excluding carboxylic acids is 1. The number of aromatic amines is 1. The average molecular weight is 307 g/mol. The molecule has 0 bridgehead atoms. The topological polar surface area (TPSA) is 99.3 Å². The van der Waals surface area contributed by atoms with Crippen LogP contribution in [0.15, 0.2) is 35.3 Å². The molecule has 0 aliphatic rings. The van der Waals surface area contributed by atoms with Crippen LogP contribution in [0.1, 0.15) is 26.4 Å². The summed E-state index contributed by atoms with van der Waals surface area (Å²) < 4.78 is 0. The van der Waals surface area contributed by atoms with E-state index in [9.17, 15) is 14.4 Å². The average Bonchev–Trinajstić information content (AvgIpc) is 2.37. The zero-order chi connectivity index (χ0) is 15.6. The number of halogens is 1. The van der Waals surface area contributed by atoms with Crippen molar-refractivity contribution < 1.29 is 14.7 Å². The van der Waals surface area contributed by atoms with Gasteiger partial charge in [0.05, 0.1) is 10.7 Å². The maximum atomic E-state index is 12.1. The Morgan fingerprint density at radius 3 is 2.67 bits per heavy atom. The Labute approximate surface area is 124 Å². The molecule has 0 fully saturated rings. The number of aromatic nitrogens is 1. The van der Waals surface area contributed by atoms with Gasteiger partial charge in [0.2, 0.25) is 0 Å². The minimum absolute atomic E-state index is 0.00174. The number of carboxylic acids is 1. The normalized spacial score (nSPS) is 10.2. The number of aromatic carboxylic acids is 1. The molecular weight excluding hydrogens is 296 g/mol. The van der Waals surface area contributed by atoms with Crippen LogP contribution in [0.5, 0.6) is 0 Å². The van der Waals surface area contributed by atoms with Gasteiger partial charge in [-0.05, 0) is 19.1 Å². The standard InChI is InChI=1S/C14H11ClN2O4/c1-7-5-11(18)8(6-16-7)13(19)17-10-4-2-3-9(15)12(10)14(20)21/h2-6H,1H3,(H,16,18)(H,17,19)(H,20,21). The number of rotatable bonds is 3. The Bertz CT molecular complexity index is 783. The Hall–Kier alpha value is -2.60.